The molecule has 1 aromatic rings. The molecule has 0 amide bonds. The zero-order chi connectivity index (χ0) is 18.6. The Labute approximate surface area is 159 Å². The van der Waals surface area contributed by atoms with E-state index in [9.17, 15) is 4.79 Å². The molecule has 1 aromatic carbocycles. The summed E-state index contributed by atoms with van der Waals surface area (Å²) in [5.41, 5.74) is 1.20. The smallest absolute Gasteiger partial charge is 0.313 e. The van der Waals surface area contributed by atoms with Crippen LogP contribution in [-0.4, -0.2) is 18.2 Å². The zero-order valence-electron chi connectivity index (χ0n) is 16.6. The van der Waals surface area contributed by atoms with Crippen LogP contribution < -0.4 is 0 Å². The Morgan fingerprint density at radius 1 is 1.00 bits per heavy atom. The molecule has 0 spiro atoms. The molecule has 146 valence electrons. The van der Waals surface area contributed by atoms with E-state index in [1.54, 1.807) is 0 Å². The van der Waals surface area contributed by atoms with Crippen LogP contribution in [0.5, 0.6) is 0 Å². The number of unbranched alkanes of at least 4 members (excludes halogenated alkanes) is 5. The van der Waals surface area contributed by atoms with Crippen LogP contribution in [0.2, 0.25) is 0 Å². The van der Waals surface area contributed by atoms with E-state index >= 15 is 0 Å². The van der Waals surface area contributed by atoms with E-state index in [0.29, 0.717) is 6.61 Å². The third-order valence-corrected chi connectivity index (χ3v) is 5.34. The van der Waals surface area contributed by atoms with Crippen molar-refractivity contribution in [2.24, 2.45) is 5.92 Å². The fraction of sp³-hybridized carbons (Fsp3) is 0.696. The van der Waals surface area contributed by atoms with Crippen molar-refractivity contribution in [1.29, 1.82) is 0 Å². The summed E-state index contributed by atoms with van der Waals surface area (Å²) in [6.07, 6.45) is 11.6. The van der Waals surface area contributed by atoms with Gasteiger partial charge in [-0.2, -0.15) is 0 Å². The summed E-state index contributed by atoms with van der Waals surface area (Å²) in [6.45, 7) is 5.07. The number of carbonyl (C=O) groups excluding carboxylic acids is 1. The molecule has 0 aromatic heterocycles. The topological polar surface area (TPSA) is 35.5 Å². The van der Waals surface area contributed by atoms with Gasteiger partial charge in [0, 0.05) is 6.42 Å². The van der Waals surface area contributed by atoms with Gasteiger partial charge in [-0.15, -0.1) is 0 Å². The molecule has 0 bridgehead atoms. The molecular weight excluding hydrogens is 324 g/mol. The molecule has 3 nitrogen and oxygen atoms in total. The van der Waals surface area contributed by atoms with Crippen LogP contribution in [0, 0.1) is 5.92 Å². The predicted octanol–water partition coefficient (Wildman–Crippen LogP) is 6.05. The second kappa shape index (κ2) is 12.1. The zero-order valence-corrected chi connectivity index (χ0v) is 16.6. The largest absolute Gasteiger partial charge is 0.461 e. The van der Waals surface area contributed by atoms with Crippen molar-refractivity contribution in [3.8, 4) is 0 Å². The van der Waals surface area contributed by atoms with Crippen LogP contribution in [-0.2, 0) is 20.9 Å². The van der Waals surface area contributed by atoms with Crippen molar-refractivity contribution in [1.82, 2.24) is 0 Å². The molecule has 1 saturated heterocycles. The van der Waals surface area contributed by atoms with Crippen molar-refractivity contribution >= 4 is 5.97 Å². The van der Waals surface area contributed by atoms with E-state index in [0.717, 1.165) is 25.7 Å². The van der Waals surface area contributed by atoms with Crippen molar-refractivity contribution in [3.05, 3.63) is 35.9 Å². The molecule has 0 unspecified atom stereocenters. The highest BCUT2D eigenvalue weighted by Crippen LogP contribution is 2.32. The van der Waals surface area contributed by atoms with Gasteiger partial charge in [0.2, 0.25) is 0 Å². The average molecular weight is 361 g/mol. The maximum absolute atomic E-state index is 11.9. The number of rotatable bonds is 14. The first kappa shape index (κ1) is 21.0. The Balaban J connectivity index is 1.81. The van der Waals surface area contributed by atoms with E-state index in [2.05, 4.69) is 26.0 Å². The van der Waals surface area contributed by atoms with Gasteiger partial charge < -0.3 is 9.47 Å². The first-order valence-electron chi connectivity index (χ1n) is 10.6. The van der Waals surface area contributed by atoms with Gasteiger partial charge in [-0.05, 0) is 18.4 Å². The second-order valence-electron chi connectivity index (χ2n) is 7.58. The minimum atomic E-state index is 0.00173. The van der Waals surface area contributed by atoms with Gasteiger partial charge in [0.25, 0.3) is 0 Å². The van der Waals surface area contributed by atoms with Gasteiger partial charge in [0.05, 0.1) is 18.6 Å². The average Bonchev–Trinajstić information content (AvgIpc) is 2.66. The lowest BCUT2D eigenvalue weighted by atomic mass is 9.86. The molecule has 1 fully saturated rings. The summed E-state index contributed by atoms with van der Waals surface area (Å²) in [5.74, 6) is 0.0997. The first-order chi connectivity index (χ1) is 12.7. The van der Waals surface area contributed by atoms with Crippen LogP contribution in [0.25, 0.3) is 0 Å². The van der Waals surface area contributed by atoms with Crippen molar-refractivity contribution in [2.75, 3.05) is 0 Å². The van der Waals surface area contributed by atoms with E-state index < -0.39 is 0 Å². The Morgan fingerprint density at radius 3 is 2.42 bits per heavy atom. The molecule has 1 aliphatic rings. The molecule has 3 heteroatoms. The molecule has 26 heavy (non-hydrogen) atoms. The Kier molecular flexibility index (Phi) is 9.76. The van der Waals surface area contributed by atoms with E-state index in [1.807, 2.05) is 18.2 Å². The standard InChI is InChI=1S/C23H36O3/c1-3-5-7-12-16-21-22(26-23(21)24)17-20(15-9-6-4-2)25-18-19-13-10-8-11-14-19/h8,10-11,13-14,20-22H,3-7,9,12,15-18H2,1-2H3/t20-,21-,22-/m0/s1. The van der Waals surface area contributed by atoms with Crippen molar-refractivity contribution in [2.45, 2.75) is 96.9 Å². The lowest BCUT2D eigenvalue weighted by Gasteiger charge is -2.37. The number of cyclic esters (lactones) is 1. The van der Waals surface area contributed by atoms with Gasteiger partial charge in [-0.3, -0.25) is 4.79 Å². The fourth-order valence-electron chi connectivity index (χ4n) is 3.64. The van der Waals surface area contributed by atoms with Gasteiger partial charge >= 0.3 is 5.97 Å². The molecule has 3 atom stereocenters. The molecule has 2 rings (SSSR count). The summed E-state index contributed by atoms with van der Waals surface area (Å²) < 4.78 is 11.7. The normalized spacial score (nSPS) is 20.5. The summed E-state index contributed by atoms with van der Waals surface area (Å²) in [5, 5.41) is 0. The van der Waals surface area contributed by atoms with Gasteiger partial charge in [-0.1, -0.05) is 89.1 Å². The Bertz CT molecular complexity index is 499. The van der Waals surface area contributed by atoms with Crippen LogP contribution in [0.1, 0.15) is 83.6 Å². The molecule has 0 saturated carbocycles. The quantitative estimate of drug-likeness (QED) is 0.299. The number of esters is 1. The monoisotopic (exact) mass is 360 g/mol. The van der Waals surface area contributed by atoms with Crippen LogP contribution in [0.3, 0.4) is 0 Å². The summed E-state index contributed by atoms with van der Waals surface area (Å²) in [6, 6.07) is 10.3. The SMILES string of the molecule is CCCCCC[C@@H]1C(=O)O[C@H]1C[C@H](CCCCC)OCc1ccccc1. The highest BCUT2D eigenvalue weighted by Gasteiger charge is 2.42. The molecule has 0 aliphatic carbocycles. The van der Waals surface area contributed by atoms with Crippen LogP contribution in [0.15, 0.2) is 30.3 Å². The van der Waals surface area contributed by atoms with Gasteiger partial charge in [0.15, 0.2) is 0 Å². The summed E-state index contributed by atoms with van der Waals surface area (Å²) >= 11 is 0. The lowest BCUT2D eigenvalue weighted by molar-refractivity contribution is -0.190. The number of hydrogen-bond donors (Lipinski definition) is 0. The van der Waals surface area contributed by atoms with Crippen LogP contribution >= 0.6 is 0 Å². The molecule has 1 aliphatic heterocycles. The van der Waals surface area contributed by atoms with Crippen LogP contribution in [0.4, 0.5) is 0 Å². The number of hydrogen-bond acceptors (Lipinski definition) is 3. The molecule has 1 heterocycles. The van der Waals surface area contributed by atoms with Gasteiger partial charge in [-0.25, -0.2) is 0 Å². The van der Waals surface area contributed by atoms with E-state index in [-0.39, 0.29) is 24.1 Å². The molecular formula is C23H36O3. The fourth-order valence-corrected chi connectivity index (χ4v) is 3.64. The highest BCUT2D eigenvalue weighted by atomic mass is 16.6. The molecule has 0 radical (unpaired) electrons. The van der Waals surface area contributed by atoms with Crippen molar-refractivity contribution < 1.29 is 14.3 Å². The van der Waals surface area contributed by atoms with E-state index in [4.69, 9.17) is 9.47 Å². The highest BCUT2D eigenvalue weighted by molar-refractivity contribution is 5.78. The maximum Gasteiger partial charge on any atom is 0.313 e. The first-order valence-corrected chi connectivity index (χ1v) is 10.6. The Hall–Kier alpha value is -1.35. The van der Waals surface area contributed by atoms with Gasteiger partial charge in [0.1, 0.15) is 6.10 Å². The second-order valence-corrected chi connectivity index (χ2v) is 7.58. The summed E-state index contributed by atoms with van der Waals surface area (Å²) in [4.78, 5) is 11.9. The number of carbonyl (C=O) groups is 1. The third kappa shape index (κ3) is 7.11. The Morgan fingerprint density at radius 2 is 1.73 bits per heavy atom. The third-order valence-electron chi connectivity index (χ3n) is 5.34. The predicted molar refractivity (Wildman–Crippen MR) is 106 cm³/mol. The summed E-state index contributed by atoms with van der Waals surface area (Å²) in [7, 11) is 0. The minimum absolute atomic E-state index is 0.00173. The van der Waals surface area contributed by atoms with Crippen molar-refractivity contribution in [3.63, 3.8) is 0 Å². The number of ether oxygens (including phenoxy) is 2. The number of benzene rings is 1. The molecule has 0 N–H and O–H groups in total. The minimum Gasteiger partial charge on any atom is -0.461 e. The maximum atomic E-state index is 11.9. The lowest BCUT2D eigenvalue weighted by Crippen LogP contribution is -2.47. The van der Waals surface area contributed by atoms with E-state index in [1.165, 1.54) is 44.1 Å².